The van der Waals surface area contributed by atoms with Crippen LogP contribution < -0.4 is 15.5 Å². The number of H-pyrrole nitrogens is 1. The van der Waals surface area contributed by atoms with Gasteiger partial charge in [0.2, 0.25) is 11.8 Å². The van der Waals surface area contributed by atoms with Gasteiger partial charge in [-0.2, -0.15) is 0 Å². The Balaban J connectivity index is 0.715. The number of ketones is 1. The first-order chi connectivity index (χ1) is 29.5. The van der Waals surface area contributed by atoms with Gasteiger partial charge in [-0.3, -0.25) is 29.4 Å². The fourth-order valence-corrected chi connectivity index (χ4v) is 10.8. The predicted octanol–water partition coefficient (Wildman–Crippen LogP) is 7.17. The Morgan fingerprint density at radius 1 is 0.885 bits per heavy atom. The van der Waals surface area contributed by atoms with Crippen LogP contribution in [0.25, 0.3) is 15.7 Å². The molecule has 4 aromatic rings. The summed E-state index contributed by atoms with van der Waals surface area (Å²) in [5, 5.41) is 6.83. The first-order valence-electron chi connectivity index (χ1n) is 22.5. The van der Waals surface area contributed by atoms with Crippen molar-refractivity contribution < 1.29 is 19.2 Å². The number of unbranched alkanes of at least 4 members (excludes halogenated alkanes) is 3. The Morgan fingerprint density at radius 3 is 2.43 bits per heavy atom. The van der Waals surface area contributed by atoms with E-state index in [1.54, 1.807) is 11.0 Å². The molecule has 3 aromatic carbocycles. The molecule has 0 saturated carbocycles. The number of aryl methyl sites for hydroxylation is 1. The Kier molecular flexibility index (Phi) is 11.2. The van der Waals surface area contributed by atoms with Gasteiger partial charge in [-0.05, 0) is 86.5 Å². The lowest BCUT2D eigenvalue weighted by molar-refractivity contribution is -0.136. The summed E-state index contributed by atoms with van der Waals surface area (Å²) in [6.45, 7) is 23.0. The first kappa shape index (κ1) is 40.9. The van der Waals surface area contributed by atoms with Crippen molar-refractivity contribution in [3.63, 3.8) is 0 Å². The minimum Gasteiger partial charge on any atom is -0.385 e. The van der Waals surface area contributed by atoms with Crippen LogP contribution in [0.15, 0.2) is 48.5 Å². The van der Waals surface area contributed by atoms with Crippen LogP contribution in [0.3, 0.4) is 0 Å². The van der Waals surface area contributed by atoms with E-state index in [4.69, 9.17) is 6.57 Å². The number of carbonyl (C=O) groups excluding carboxylic acids is 4. The second-order valence-corrected chi connectivity index (χ2v) is 18.2. The molecule has 0 spiro atoms. The average molecular weight is 823 g/mol. The smallest absolute Gasteiger partial charge is 0.255 e. The Hall–Kier alpha value is -5.51. The summed E-state index contributed by atoms with van der Waals surface area (Å²) in [5.41, 5.74) is 9.68. The summed E-state index contributed by atoms with van der Waals surface area (Å²) in [4.78, 5) is 68.1. The second kappa shape index (κ2) is 16.7. The molecular formula is C49H58N8O4. The molecule has 3 N–H and O–H groups in total. The summed E-state index contributed by atoms with van der Waals surface area (Å²) in [7, 11) is 0. The first-order valence-corrected chi connectivity index (χ1v) is 22.5. The zero-order valence-corrected chi connectivity index (χ0v) is 35.9. The number of benzene rings is 3. The van der Waals surface area contributed by atoms with Gasteiger partial charge in [-0.15, -0.1) is 0 Å². The van der Waals surface area contributed by atoms with Gasteiger partial charge in [0.05, 0.1) is 12.1 Å². The molecule has 61 heavy (non-hydrogen) atoms. The van der Waals surface area contributed by atoms with Crippen molar-refractivity contribution in [2.75, 3.05) is 62.6 Å². The minimum atomic E-state index is -0.600. The van der Waals surface area contributed by atoms with Crippen molar-refractivity contribution in [1.82, 2.24) is 25.0 Å². The van der Waals surface area contributed by atoms with E-state index in [2.05, 4.69) is 68.1 Å². The molecule has 1 aliphatic carbocycles. The maximum atomic E-state index is 14.1. The average Bonchev–Trinajstić information content (AvgIpc) is 3.83. The van der Waals surface area contributed by atoms with Gasteiger partial charge in [0.25, 0.3) is 5.91 Å². The molecule has 9 rings (SSSR count). The topological polar surface area (TPSA) is 125 Å². The normalized spacial score (nSPS) is 20.7. The van der Waals surface area contributed by atoms with Gasteiger partial charge in [-0.25, -0.2) is 4.85 Å². The van der Waals surface area contributed by atoms with E-state index in [9.17, 15) is 19.2 Å². The molecule has 5 aliphatic rings. The molecule has 1 aromatic heterocycles. The number of anilines is 2. The molecule has 12 heteroatoms. The Labute approximate surface area is 358 Å². The SMILES string of the molecule is [C-]#[N+]c1ccc2c3c([nH]c2c1)C(C)(C)c1cc(N2CCC(N4CCN(CCCCCCNc5cccc6c5CN(C5CCC(=O)NC5=O)C6=O)CC4)CC2)c(CC)cc1C3=O. The standard InChI is InChI=1S/C49H58N8O4/c1-5-31-27-36-38(49(2,3)46-44(45(36)59)35-14-13-32(50-4)28-40(35)52-46)29-42(31)56-21-17-33(18-22-56)55-25-23-54(24-26-55)20-9-7-6-8-19-51-39-12-10-11-34-37(39)30-57(48(34)61)41-15-16-43(58)53-47(41)60/h10-14,27-29,33,41,51-52H,5-9,15-26,30H2,1-3H3,(H,53,58,60). The predicted molar refractivity (Wildman–Crippen MR) is 239 cm³/mol. The van der Waals surface area contributed by atoms with Crippen LogP contribution in [0.5, 0.6) is 0 Å². The molecule has 4 aliphatic heterocycles. The number of nitrogens with one attached hydrogen (secondary N) is 3. The van der Waals surface area contributed by atoms with E-state index in [0.717, 1.165) is 129 Å². The fourth-order valence-electron chi connectivity index (χ4n) is 10.8. The lowest BCUT2D eigenvalue weighted by Gasteiger charge is -2.44. The highest BCUT2D eigenvalue weighted by Crippen LogP contribution is 2.46. The minimum absolute atomic E-state index is 0.0772. The summed E-state index contributed by atoms with van der Waals surface area (Å²) in [6, 6.07) is 15.8. The zero-order valence-electron chi connectivity index (χ0n) is 35.9. The number of aromatic nitrogens is 1. The Morgan fingerprint density at radius 2 is 1.67 bits per heavy atom. The summed E-state index contributed by atoms with van der Waals surface area (Å²) >= 11 is 0. The zero-order chi connectivity index (χ0) is 42.4. The third-order valence-electron chi connectivity index (χ3n) is 14.3. The van der Waals surface area contributed by atoms with Crippen LogP contribution in [-0.2, 0) is 28.0 Å². The van der Waals surface area contributed by atoms with Crippen molar-refractivity contribution in [3.05, 3.63) is 99.0 Å². The van der Waals surface area contributed by atoms with E-state index >= 15 is 0 Å². The van der Waals surface area contributed by atoms with Gasteiger partial charge in [-0.1, -0.05) is 51.8 Å². The third kappa shape index (κ3) is 7.61. The molecule has 0 radical (unpaired) electrons. The van der Waals surface area contributed by atoms with Crippen LogP contribution in [0.4, 0.5) is 17.1 Å². The summed E-state index contributed by atoms with van der Waals surface area (Å²) in [6.07, 6.45) is 8.38. The van der Waals surface area contributed by atoms with Crippen LogP contribution in [0, 0.1) is 6.57 Å². The third-order valence-corrected chi connectivity index (χ3v) is 14.3. The van der Waals surface area contributed by atoms with E-state index in [-0.39, 0.29) is 35.3 Å². The van der Waals surface area contributed by atoms with Gasteiger partial charge >= 0.3 is 0 Å². The molecule has 1 unspecified atom stereocenters. The summed E-state index contributed by atoms with van der Waals surface area (Å²) < 4.78 is 0. The number of hydrogen-bond acceptors (Lipinski definition) is 8. The van der Waals surface area contributed by atoms with E-state index in [0.29, 0.717) is 30.3 Å². The molecular weight excluding hydrogens is 765 g/mol. The molecule has 3 amide bonds. The van der Waals surface area contributed by atoms with Gasteiger partial charge in [0.15, 0.2) is 11.5 Å². The number of piperazine rings is 1. The molecule has 5 heterocycles. The van der Waals surface area contributed by atoms with Crippen molar-refractivity contribution in [2.45, 2.75) is 103 Å². The quantitative estimate of drug-likeness (QED) is 0.0781. The maximum Gasteiger partial charge on any atom is 0.255 e. The fraction of sp³-hybridized carbons (Fsp3) is 0.490. The van der Waals surface area contributed by atoms with Crippen LogP contribution >= 0.6 is 0 Å². The summed E-state index contributed by atoms with van der Waals surface area (Å²) in [5.74, 6) is -0.715. The second-order valence-electron chi connectivity index (χ2n) is 18.2. The highest BCUT2D eigenvalue weighted by molar-refractivity contribution is 6.20. The number of piperidine rings is 2. The molecule has 1 atom stereocenters. The number of rotatable bonds is 12. The largest absolute Gasteiger partial charge is 0.385 e. The molecule has 3 saturated heterocycles. The molecule has 12 nitrogen and oxygen atoms in total. The molecule has 318 valence electrons. The van der Waals surface area contributed by atoms with Crippen molar-refractivity contribution in [2.24, 2.45) is 0 Å². The molecule has 0 bridgehead atoms. The highest BCUT2D eigenvalue weighted by atomic mass is 16.2. The maximum absolute atomic E-state index is 14.1. The van der Waals surface area contributed by atoms with Crippen LogP contribution in [0.2, 0.25) is 0 Å². The van der Waals surface area contributed by atoms with E-state index in [1.165, 1.54) is 24.1 Å². The lowest BCUT2D eigenvalue weighted by atomic mass is 9.70. The van der Waals surface area contributed by atoms with Gasteiger partial charge in [0.1, 0.15) is 6.04 Å². The number of imide groups is 1. The van der Waals surface area contributed by atoms with E-state index < -0.39 is 6.04 Å². The van der Waals surface area contributed by atoms with E-state index in [1.807, 2.05) is 30.3 Å². The lowest BCUT2D eigenvalue weighted by Crippen LogP contribution is -2.53. The number of amides is 3. The number of hydrogen-bond donors (Lipinski definition) is 3. The number of nitrogens with zero attached hydrogens (tertiary/aromatic N) is 5. The number of carbonyl (C=O) groups is 4. The monoisotopic (exact) mass is 822 g/mol. The number of fused-ring (bicyclic) bond motifs is 5. The van der Waals surface area contributed by atoms with Gasteiger partial charge < -0.3 is 25.0 Å². The van der Waals surface area contributed by atoms with Crippen LogP contribution in [0.1, 0.15) is 121 Å². The Bertz CT molecular complexity index is 2430. The van der Waals surface area contributed by atoms with Crippen molar-refractivity contribution >= 4 is 51.5 Å². The van der Waals surface area contributed by atoms with Crippen LogP contribution in [-0.4, -0.2) is 108 Å². The van der Waals surface area contributed by atoms with Crippen molar-refractivity contribution in [3.8, 4) is 0 Å². The highest BCUT2D eigenvalue weighted by Gasteiger charge is 2.42. The van der Waals surface area contributed by atoms with Crippen molar-refractivity contribution in [1.29, 1.82) is 0 Å². The van der Waals surface area contributed by atoms with Gasteiger partial charge in [0, 0.05) is 115 Å². The molecule has 3 fully saturated rings. The number of aromatic amines is 1.